The summed E-state index contributed by atoms with van der Waals surface area (Å²) in [6.07, 6.45) is 4.97. The summed E-state index contributed by atoms with van der Waals surface area (Å²) >= 11 is 0. The molecule has 1 amide bonds. The van der Waals surface area contributed by atoms with Gasteiger partial charge in [-0.2, -0.15) is 10.1 Å². The van der Waals surface area contributed by atoms with E-state index >= 15 is 0 Å². The molecule has 8 heteroatoms. The number of aromatic nitrogens is 4. The van der Waals surface area contributed by atoms with Gasteiger partial charge in [-0.1, -0.05) is 22.9 Å². The molecular weight excluding hydrogens is 358 g/mol. The van der Waals surface area contributed by atoms with E-state index in [1.54, 1.807) is 24.1 Å². The summed E-state index contributed by atoms with van der Waals surface area (Å²) in [4.78, 5) is 18.8. The minimum absolute atomic E-state index is 0.0202. The van der Waals surface area contributed by atoms with Crippen LogP contribution in [0.2, 0.25) is 0 Å². The number of aryl methyl sites for hydroxylation is 2. The molecule has 3 heterocycles. The van der Waals surface area contributed by atoms with Crippen molar-refractivity contribution in [2.24, 2.45) is 7.05 Å². The summed E-state index contributed by atoms with van der Waals surface area (Å²) in [5.41, 5.74) is 1.80. The predicted octanol–water partition coefficient (Wildman–Crippen LogP) is 2.71. The van der Waals surface area contributed by atoms with Crippen molar-refractivity contribution in [1.82, 2.24) is 24.8 Å². The molecule has 0 radical (unpaired) electrons. The van der Waals surface area contributed by atoms with Gasteiger partial charge in [-0.05, 0) is 31.9 Å². The van der Waals surface area contributed by atoms with Crippen LogP contribution in [-0.4, -0.2) is 43.8 Å². The van der Waals surface area contributed by atoms with Crippen LogP contribution in [0.1, 0.15) is 46.4 Å². The second kappa shape index (κ2) is 7.84. The average Bonchev–Trinajstić information content (AvgIpc) is 3.36. The van der Waals surface area contributed by atoms with Crippen LogP contribution in [-0.2, 0) is 13.7 Å². The van der Waals surface area contributed by atoms with Gasteiger partial charge in [0.15, 0.2) is 12.4 Å². The number of ether oxygens (including phenoxy) is 1. The van der Waals surface area contributed by atoms with E-state index in [-0.39, 0.29) is 18.4 Å². The molecule has 4 rings (SSSR count). The van der Waals surface area contributed by atoms with Crippen LogP contribution in [0.25, 0.3) is 0 Å². The van der Waals surface area contributed by atoms with Gasteiger partial charge >= 0.3 is 0 Å². The quantitative estimate of drug-likeness (QED) is 0.675. The molecular formula is C20H23N5O3. The number of piperidine rings is 1. The van der Waals surface area contributed by atoms with Gasteiger partial charge in [0.25, 0.3) is 11.8 Å². The van der Waals surface area contributed by atoms with Crippen molar-refractivity contribution in [1.29, 1.82) is 0 Å². The van der Waals surface area contributed by atoms with Crippen LogP contribution in [0.3, 0.4) is 0 Å². The van der Waals surface area contributed by atoms with Crippen molar-refractivity contribution in [2.75, 3.05) is 13.1 Å². The first-order valence-corrected chi connectivity index (χ1v) is 9.38. The molecule has 1 aromatic carbocycles. The summed E-state index contributed by atoms with van der Waals surface area (Å²) in [6, 6.07) is 7.83. The lowest BCUT2D eigenvalue weighted by molar-refractivity contribution is 0.0710. The fraction of sp³-hybridized carbons (Fsp3) is 0.400. The number of carbonyl (C=O) groups is 1. The molecule has 1 saturated heterocycles. The minimum Gasteiger partial charge on any atom is -0.484 e. The molecule has 0 unspecified atom stereocenters. The number of hydrogen-bond donors (Lipinski definition) is 0. The fourth-order valence-corrected chi connectivity index (χ4v) is 3.33. The number of nitrogens with zero attached hydrogens (tertiary/aromatic N) is 5. The van der Waals surface area contributed by atoms with Crippen LogP contribution >= 0.6 is 0 Å². The third-order valence-electron chi connectivity index (χ3n) is 4.97. The molecule has 0 bridgehead atoms. The Morgan fingerprint density at radius 3 is 2.68 bits per heavy atom. The van der Waals surface area contributed by atoms with Gasteiger partial charge in [0.2, 0.25) is 0 Å². The van der Waals surface area contributed by atoms with Gasteiger partial charge in [-0.3, -0.25) is 9.48 Å². The van der Waals surface area contributed by atoms with Crippen molar-refractivity contribution in [3.63, 3.8) is 0 Å². The topological polar surface area (TPSA) is 86.3 Å². The summed E-state index contributed by atoms with van der Waals surface area (Å²) in [5, 5.41) is 8.18. The van der Waals surface area contributed by atoms with Crippen LogP contribution in [0.5, 0.6) is 5.75 Å². The van der Waals surface area contributed by atoms with E-state index in [1.807, 2.05) is 36.1 Å². The zero-order valence-corrected chi connectivity index (χ0v) is 16.0. The first-order valence-electron chi connectivity index (χ1n) is 9.38. The molecule has 0 aliphatic carbocycles. The van der Waals surface area contributed by atoms with E-state index in [2.05, 4.69) is 15.2 Å². The van der Waals surface area contributed by atoms with Crippen LogP contribution in [0.15, 0.2) is 41.2 Å². The number of rotatable bonds is 5. The zero-order valence-electron chi connectivity index (χ0n) is 16.0. The van der Waals surface area contributed by atoms with Gasteiger partial charge in [0.05, 0.1) is 11.8 Å². The van der Waals surface area contributed by atoms with Crippen molar-refractivity contribution in [3.8, 4) is 5.75 Å². The van der Waals surface area contributed by atoms with Gasteiger partial charge in [-0.25, -0.2) is 0 Å². The number of likely N-dealkylation sites (tertiary alicyclic amines) is 1. The van der Waals surface area contributed by atoms with E-state index in [1.165, 1.54) is 5.56 Å². The molecule has 8 nitrogen and oxygen atoms in total. The Balaban J connectivity index is 1.30. The predicted molar refractivity (Wildman–Crippen MR) is 101 cm³/mol. The van der Waals surface area contributed by atoms with Gasteiger partial charge in [0.1, 0.15) is 5.75 Å². The Bertz CT molecular complexity index is 939. The maximum Gasteiger partial charge on any atom is 0.264 e. The molecule has 0 atom stereocenters. The highest BCUT2D eigenvalue weighted by Gasteiger charge is 2.28. The van der Waals surface area contributed by atoms with Gasteiger partial charge < -0.3 is 14.2 Å². The van der Waals surface area contributed by atoms with Crippen LogP contribution < -0.4 is 4.74 Å². The summed E-state index contributed by atoms with van der Waals surface area (Å²) < 4.78 is 12.7. The van der Waals surface area contributed by atoms with E-state index in [4.69, 9.17) is 9.26 Å². The summed E-state index contributed by atoms with van der Waals surface area (Å²) in [6.45, 7) is 3.61. The van der Waals surface area contributed by atoms with E-state index in [0.29, 0.717) is 30.4 Å². The standard InChI is InChI=1S/C20H23N5O3/c1-14-3-5-17(6-4-14)27-13-18-22-19(23-28-18)15-7-9-25(10-8-15)20(26)16-11-21-24(2)12-16/h3-6,11-12,15H,7-10,13H2,1-2H3. The van der Waals surface area contributed by atoms with Crippen molar-refractivity contribution >= 4 is 5.91 Å². The zero-order chi connectivity index (χ0) is 19.5. The molecule has 2 aromatic heterocycles. The average molecular weight is 381 g/mol. The summed E-state index contributed by atoms with van der Waals surface area (Å²) in [5.74, 6) is 2.13. The lowest BCUT2D eigenvalue weighted by Gasteiger charge is -2.30. The Labute approximate surface area is 163 Å². The number of hydrogen-bond acceptors (Lipinski definition) is 6. The monoisotopic (exact) mass is 381 g/mol. The molecule has 28 heavy (non-hydrogen) atoms. The SMILES string of the molecule is Cc1ccc(OCc2nc(C3CCN(C(=O)c4cnn(C)c4)CC3)no2)cc1. The molecule has 0 N–H and O–H groups in total. The first-order chi connectivity index (χ1) is 13.6. The lowest BCUT2D eigenvalue weighted by Crippen LogP contribution is -2.38. The molecule has 146 valence electrons. The largest absolute Gasteiger partial charge is 0.484 e. The third kappa shape index (κ3) is 4.05. The number of carbonyl (C=O) groups excluding carboxylic acids is 1. The molecule has 3 aromatic rings. The van der Waals surface area contributed by atoms with Crippen molar-refractivity contribution in [2.45, 2.75) is 32.3 Å². The maximum absolute atomic E-state index is 12.5. The third-order valence-corrected chi connectivity index (χ3v) is 4.97. The van der Waals surface area contributed by atoms with Crippen molar-refractivity contribution < 1.29 is 14.1 Å². The molecule has 0 saturated carbocycles. The highest BCUT2D eigenvalue weighted by molar-refractivity contribution is 5.93. The molecule has 1 aliphatic rings. The van der Waals surface area contributed by atoms with Crippen LogP contribution in [0.4, 0.5) is 0 Å². The Morgan fingerprint density at radius 1 is 1.25 bits per heavy atom. The first kappa shape index (κ1) is 18.2. The van der Waals surface area contributed by atoms with Gasteiger partial charge in [0, 0.05) is 32.3 Å². The summed E-state index contributed by atoms with van der Waals surface area (Å²) in [7, 11) is 1.80. The fourth-order valence-electron chi connectivity index (χ4n) is 3.33. The van der Waals surface area contributed by atoms with E-state index < -0.39 is 0 Å². The normalized spacial score (nSPS) is 15.0. The number of benzene rings is 1. The van der Waals surface area contributed by atoms with E-state index in [0.717, 1.165) is 18.6 Å². The Kier molecular flexibility index (Phi) is 5.10. The maximum atomic E-state index is 12.5. The second-order valence-corrected chi connectivity index (χ2v) is 7.12. The second-order valence-electron chi connectivity index (χ2n) is 7.12. The minimum atomic E-state index is 0.0202. The molecule has 1 aliphatic heterocycles. The molecule has 0 spiro atoms. The highest BCUT2D eigenvalue weighted by Crippen LogP contribution is 2.27. The van der Waals surface area contributed by atoms with Gasteiger partial charge in [-0.15, -0.1) is 0 Å². The number of amides is 1. The lowest BCUT2D eigenvalue weighted by atomic mass is 9.96. The Morgan fingerprint density at radius 2 is 2.00 bits per heavy atom. The van der Waals surface area contributed by atoms with E-state index in [9.17, 15) is 4.79 Å². The smallest absolute Gasteiger partial charge is 0.264 e. The Hall–Kier alpha value is -3.16. The molecule has 1 fully saturated rings. The highest BCUT2D eigenvalue weighted by atomic mass is 16.5. The van der Waals surface area contributed by atoms with Crippen molar-refractivity contribution in [3.05, 3.63) is 59.5 Å². The van der Waals surface area contributed by atoms with Crippen LogP contribution in [0, 0.1) is 6.92 Å².